The lowest BCUT2D eigenvalue weighted by Crippen LogP contribution is -2.42. The van der Waals surface area contributed by atoms with E-state index in [4.69, 9.17) is 5.73 Å². The highest BCUT2D eigenvalue weighted by Crippen LogP contribution is 2.27. The summed E-state index contributed by atoms with van der Waals surface area (Å²) in [5.41, 5.74) is 5.53. The Morgan fingerprint density at radius 1 is 1.65 bits per heavy atom. The number of likely N-dealkylation sites (tertiary alicyclic amines) is 1. The van der Waals surface area contributed by atoms with Crippen molar-refractivity contribution in [1.82, 2.24) is 15.5 Å². The largest absolute Gasteiger partial charge is 0.352 e. The number of hydrogen-bond acceptors (Lipinski definition) is 3. The average Bonchev–Trinajstić information content (AvgIpc) is 2.75. The van der Waals surface area contributed by atoms with Crippen LogP contribution < -0.4 is 16.4 Å². The van der Waals surface area contributed by atoms with Gasteiger partial charge in [-0.15, -0.1) is 12.4 Å². The number of nitrogens with zero attached hydrogens (tertiary/aromatic N) is 1. The number of urea groups is 1. The van der Waals surface area contributed by atoms with E-state index in [-0.39, 0.29) is 18.4 Å². The van der Waals surface area contributed by atoms with Crippen molar-refractivity contribution in [2.75, 3.05) is 32.7 Å². The number of nitrogens with one attached hydrogen (secondary N) is 2. The SMILES string of the molecule is CC1(CN2CCC(NC(N)=O)C2)CCNC1.Cl. The Morgan fingerprint density at radius 2 is 2.41 bits per heavy atom. The van der Waals surface area contributed by atoms with E-state index < -0.39 is 6.03 Å². The van der Waals surface area contributed by atoms with Crippen LogP contribution >= 0.6 is 12.4 Å². The predicted octanol–water partition coefficient (Wildman–Crippen LogP) is 0.150. The zero-order chi connectivity index (χ0) is 11.6. The second-order valence-corrected chi connectivity index (χ2v) is 5.47. The van der Waals surface area contributed by atoms with Gasteiger partial charge in [-0.3, -0.25) is 0 Å². The topological polar surface area (TPSA) is 70.4 Å². The summed E-state index contributed by atoms with van der Waals surface area (Å²) in [4.78, 5) is 13.2. The van der Waals surface area contributed by atoms with Gasteiger partial charge in [0.05, 0.1) is 0 Å². The van der Waals surface area contributed by atoms with Gasteiger partial charge in [-0.1, -0.05) is 6.92 Å². The van der Waals surface area contributed by atoms with E-state index in [1.807, 2.05) is 0 Å². The van der Waals surface area contributed by atoms with Crippen LogP contribution in [0.15, 0.2) is 0 Å². The minimum absolute atomic E-state index is 0. The number of nitrogens with two attached hydrogens (primary N) is 1. The van der Waals surface area contributed by atoms with E-state index in [1.54, 1.807) is 0 Å². The minimum atomic E-state index is -0.402. The second-order valence-electron chi connectivity index (χ2n) is 5.47. The third kappa shape index (κ3) is 4.01. The van der Waals surface area contributed by atoms with Crippen LogP contribution in [-0.4, -0.2) is 49.7 Å². The summed E-state index contributed by atoms with van der Waals surface area (Å²) in [5.74, 6) is 0. The van der Waals surface area contributed by atoms with Crippen LogP contribution in [0, 0.1) is 5.41 Å². The summed E-state index contributed by atoms with van der Waals surface area (Å²) >= 11 is 0. The first-order chi connectivity index (χ1) is 7.57. The highest BCUT2D eigenvalue weighted by Gasteiger charge is 2.33. The fraction of sp³-hybridized carbons (Fsp3) is 0.909. The van der Waals surface area contributed by atoms with Gasteiger partial charge in [0.25, 0.3) is 0 Å². The second kappa shape index (κ2) is 5.89. The van der Waals surface area contributed by atoms with Crippen molar-refractivity contribution in [3.63, 3.8) is 0 Å². The van der Waals surface area contributed by atoms with Crippen LogP contribution in [0.25, 0.3) is 0 Å². The molecule has 0 spiro atoms. The lowest BCUT2D eigenvalue weighted by molar-refractivity contribution is 0.205. The third-order valence-electron chi connectivity index (χ3n) is 3.68. The summed E-state index contributed by atoms with van der Waals surface area (Å²) in [5, 5.41) is 6.20. The molecule has 0 aromatic rings. The number of carbonyl (C=O) groups excluding carboxylic acids is 1. The van der Waals surface area contributed by atoms with Crippen molar-refractivity contribution < 1.29 is 4.79 Å². The average molecular weight is 263 g/mol. The minimum Gasteiger partial charge on any atom is -0.352 e. The van der Waals surface area contributed by atoms with E-state index in [9.17, 15) is 4.79 Å². The molecule has 100 valence electrons. The summed E-state index contributed by atoms with van der Waals surface area (Å²) in [6.07, 6.45) is 2.27. The quantitative estimate of drug-likeness (QED) is 0.678. The molecular weight excluding hydrogens is 240 g/mol. The van der Waals surface area contributed by atoms with E-state index in [1.165, 1.54) is 6.42 Å². The third-order valence-corrected chi connectivity index (χ3v) is 3.68. The molecular formula is C11H23ClN4O. The zero-order valence-electron chi connectivity index (χ0n) is 10.4. The monoisotopic (exact) mass is 262 g/mol. The van der Waals surface area contributed by atoms with E-state index >= 15 is 0 Å². The Morgan fingerprint density at radius 3 is 3.00 bits per heavy atom. The molecule has 0 aromatic carbocycles. The van der Waals surface area contributed by atoms with Crippen molar-refractivity contribution in [3.05, 3.63) is 0 Å². The molecule has 4 N–H and O–H groups in total. The number of rotatable bonds is 3. The fourth-order valence-electron chi connectivity index (χ4n) is 2.84. The van der Waals surface area contributed by atoms with Crippen LogP contribution in [0.5, 0.6) is 0 Å². The number of amides is 2. The molecule has 2 heterocycles. The molecule has 0 aliphatic carbocycles. The van der Waals surface area contributed by atoms with Crippen LogP contribution in [0.1, 0.15) is 19.8 Å². The molecule has 0 bridgehead atoms. The Labute approximate surface area is 109 Å². The summed E-state index contributed by atoms with van der Waals surface area (Å²) in [7, 11) is 0. The lowest BCUT2D eigenvalue weighted by atomic mass is 9.89. The molecule has 17 heavy (non-hydrogen) atoms. The van der Waals surface area contributed by atoms with Crippen molar-refractivity contribution in [3.8, 4) is 0 Å². The molecule has 2 fully saturated rings. The molecule has 0 saturated carbocycles. The van der Waals surface area contributed by atoms with Gasteiger partial charge in [0.2, 0.25) is 0 Å². The van der Waals surface area contributed by atoms with Crippen molar-refractivity contribution in [2.45, 2.75) is 25.8 Å². The van der Waals surface area contributed by atoms with E-state index in [0.717, 1.165) is 39.1 Å². The number of primary amides is 1. The molecule has 2 amide bonds. The van der Waals surface area contributed by atoms with Gasteiger partial charge in [-0.25, -0.2) is 4.79 Å². The number of carbonyl (C=O) groups is 1. The van der Waals surface area contributed by atoms with Crippen molar-refractivity contribution >= 4 is 18.4 Å². The normalized spacial score (nSPS) is 33.4. The van der Waals surface area contributed by atoms with Gasteiger partial charge in [0.15, 0.2) is 0 Å². The highest BCUT2D eigenvalue weighted by molar-refractivity contribution is 5.85. The Hall–Kier alpha value is -0.520. The molecule has 2 saturated heterocycles. The van der Waals surface area contributed by atoms with Gasteiger partial charge in [0, 0.05) is 32.2 Å². The Kier molecular flexibility index (Phi) is 5.04. The number of halogens is 1. The molecule has 2 aliphatic heterocycles. The van der Waals surface area contributed by atoms with Crippen molar-refractivity contribution in [1.29, 1.82) is 0 Å². The van der Waals surface area contributed by atoms with Crippen LogP contribution in [0.3, 0.4) is 0 Å². The van der Waals surface area contributed by atoms with Gasteiger partial charge in [0.1, 0.15) is 0 Å². The van der Waals surface area contributed by atoms with Gasteiger partial charge >= 0.3 is 6.03 Å². The van der Waals surface area contributed by atoms with E-state index in [2.05, 4.69) is 22.5 Å². The van der Waals surface area contributed by atoms with Crippen LogP contribution in [0.4, 0.5) is 4.79 Å². The number of hydrogen-bond donors (Lipinski definition) is 3. The highest BCUT2D eigenvalue weighted by atomic mass is 35.5. The molecule has 2 atom stereocenters. The smallest absolute Gasteiger partial charge is 0.312 e. The summed E-state index contributed by atoms with van der Waals surface area (Å²) in [6, 6.07) is -0.156. The van der Waals surface area contributed by atoms with E-state index in [0.29, 0.717) is 5.41 Å². The molecule has 2 rings (SSSR count). The molecule has 2 unspecified atom stereocenters. The van der Waals surface area contributed by atoms with Gasteiger partial charge in [-0.05, 0) is 24.8 Å². The lowest BCUT2D eigenvalue weighted by Gasteiger charge is -2.29. The molecule has 0 radical (unpaired) electrons. The van der Waals surface area contributed by atoms with Crippen LogP contribution in [-0.2, 0) is 0 Å². The Bertz CT molecular complexity index is 268. The first-order valence-corrected chi connectivity index (χ1v) is 6.06. The molecule has 5 nitrogen and oxygen atoms in total. The molecule has 0 aromatic heterocycles. The first-order valence-electron chi connectivity index (χ1n) is 6.06. The Balaban J connectivity index is 0.00000144. The zero-order valence-corrected chi connectivity index (χ0v) is 11.2. The standard InChI is InChI=1S/C11H22N4O.ClH/c1-11(3-4-13-7-11)8-15-5-2-9(6-15)14-10(12)16;/h9,13H,2-8H2,1H3,(H3,12,14,16);1H. The van der Waals surface area contributed by atoms with Gasteiger partial charge < -0.3 is 21.3 Å². The summed E-state index contributed by atoms with van der Waals surface area (Å²) < 4.78 is 0. The first kappa shape index (κ1) is 14.5. The summed E-state index contributed by atoms with van der Waals surface area (Å²) in [6.45, 7) is 7.71. The van der Waals surface area contributed by atoms with Crippen molar-refractivity contribution in [2.24, 2.45) is 11.1 Å². The maximum atomic E-state index is 10.8. The molecule has 6 heteroatoms. The fourth-order valence-corrected chi connectivity index (χ4v) is 2.84. The van der Waals surface area contributed by atoms with Gasteiger partial charge in [-0.2, -0.15) is 0 Å². The maximum Gasteiger partial charge on any atom is 0.312 e. The predicted molar refractivity (Wildman–Crippen MR) is 70.4 cm³/mol. The molecule has 2 aliphatic rings. The maximum absolute atomic E-state index is 10.8. The van der Waals surface area contributed by atoms with Crippen LogP contribution in [0.2, 0.25) is 0 Å².